The van der Waals surface area contributed by atoms with Gasteiger partial charge in [0.1, 0.15) is 0 Å². The molecule has 0 fully saturated rings. The summed E-state index contributed by atoms with van der Waals surface area (Å²) in [7, 11) is 0. The third-order valence-corrected chi connectivity index (χ3v) is 1.46. The van der Waals surface area contributed by atoms with Gasteiger partial charge in [-0.1, -0.05) is 36.4 Å². The molecule has 2 heteroatoms. The van der Waals surface area contributed by atoms with Gasteiger partial charge in [0.15, 0.2) is 6.29 Å². The van der Waals surface area contributed by atoms with Crippen LogP contribution in [-0.4, -0.2) is 11.7 Å². The largest absolute Gasteiger partial charge is 0.364 e. The lowest BCUT2D eigenvalue weighted by Crippen LogP contribution is -2.02. The first-order valence-electron chi connectivity index (χ1n) is 3.80. The summed E-state index contributed by atoms with van der Waals surface area (Å²) in [6, 6.07) is 9.23. The van der Waals surface area contributed by atoms with E-state index < -0.39 is 6.29 Å². The predicted molar refractivity (Wildman–Crippen MR) is 47.6 cm³/mol. The average molecular weight is 164 g/mol. The Morgan fingerprint density at radius 2 is 2.08 bits per heavy atom. The van der Waals surface area contributed by atoms with Gasteiger partial charge in [-0.3, -0.25) is 0 Å². The first-order chi connectivity index (χ1) is 5.84. The molecule has 1 aromatic rings. The molecule has 12 heavy (non-hydrogen) atoms. The molecule has 0 aliphatic carbocycles. The summed E-state index contributed by atoms with van der Waals surface area (Å²) in [5, 5.41) is 9.38. The van der Waals surface area contributed by atoms with Crippen LogP contribution < -0.4 is 0 Å². The van der Waals surface area contributed by atoms with E-state index in [2.05, 4.69) is 6.58 Å². The standard InChI is InChI=1S/C10H12O2/c1-2-8-12-10(11)9-6-4-3-5-7-9/h2-7,10-11H,1,8H2/t10-/m1/s1. The van der Waals surface area contributed by atoms with Gasteiger partial charge < -0.3 is 9.84 Å². The molecule has 0 spiro atoms. The second kappa shape index (κ2) is 4.70. The van der Waals surface area contributed by atoms with Crippen molar-refractivity contribution in [1.29, 1.82) is 0 Å². The highest BCUT2D eigenvalue weighted by atomic mass is 16.6. The van der Waals surface area contributed by atoms with E-state index in [1.807, 2.05) is 30.3 Å². The van der Waals surface area contributed by atoms with E-state index in [9.17, 15) is 5.11 Å². The highest BCUT2D eigenvalue weighted by Crippen LogP contribution is 2.12. The van der Waals surface area contributed by atoms with E-state index in [-0.39, 0.29) is 0 Å². The first kappa shape index (κ1) is 8.97. The smallest absolute Gasteiger partial charge is 0.181 e. The molecule has 1 atom stereocenters. The van der Waals surface area contributed by atoms with Gasteiger partial charge in [0.2, 0.25) is 0 Å². The lowest BCUT2D eigenvalue weighted by atomic mass is 10.2. The van der Waals surface area contributed by atoms with Crippen molar-refractivity contribution < 1.29 is 9.84 Å². The molecule has 64 valence electrons. The molecule has 0 amide bonds. The average Bonchev–Trinajstić information content (AvgIpc) is 2.15. The second-order valence-electron chi connectivity index (χ2n) is 2.39. The zero-order chi connectivity index (χ0) is 8.81. The molecule has 1 N–H and O–H groups in total. The van der Waals surface area contributed by atoms with Crippen LogP contribution in [0.4, 0.5) is 0 Å². The molecule has 0 radical (unpaired) electrons. The molecule has 2 nitrogen and oxygen atoms in total. The van der Waals surface area contributed by atoms with Gasteiger partial charge in [-0.05, 0) is 0 Å². The second-order valence-corrected chi connectivity index (χ2v) is 2.39. The Bertz CT molecular complexity index is 231. The predicted octanol–water partition coefficient (Wildman–Crippen LogP) is 1.88. The highest BCUT2D eigenvalue weighted by Gasteiger charge is 2.03. The molecule has 0 bridgehead atoms. The fourth-order valence-corrected chi connectivity index (χ4v) is 0.873. The Hall–Kier alpha value is -1.12. The van der Waals surface area contributed by atoms with Crippen LogP contribution in [0.2, 0.25) is 0 Å². The first-order valence-corrected chi connectivity index (χ1v) is 3.80. The van der Waals surface area contributed by atoms with Gasteiger partial charge in [-0.15, -0.1) is 6.58 Å². The Morgan fingerprint density at radius 3 is 2.67 bits per heavy atom. The molecule has 0 aliphatic rings. The van der Waals surface area contributed by atoms with Crippen LogP contribution in [0.3, 0.4) is 0 Å². The normalized spacial score (nSPS) is 12.4. The molecule has 0 heterocycles. The Labute approximate surface area is 72.1 Å². The fourth-order valence-electron chi connectivity index (χ4n) is 0.873. The van der Waals surface area contributed by atoms with Crippen molar-refractivity contribution in [1.82, 2.24) is 0 Å². The maximum Gasteiger partial charge on any atom is 0.181 e. The van der Waals surface area contributed by atoms with E-state index >= 15 is 0 Å². The third kappa shape index (κ3) is 2.49. The van der Waals surface area contributed by atoms with Crippen LogP contribution in [0.25, 0.3) is 0 Å². The van der Waals surface area contributed by atoms with E-state index in [1.54, 1.807) is 6.08 Å². The number of aliphatic hydroxyl groups is 1. The van der Waals surface area contributed by atoms with Gasteiger partial charge in [0.25, 0.3) is 0 Å². The molecule has 1 aromatic carbocycles. The summed E-state index contributed by atoms with van der Waals surface area (Å²) in [4.78, 5) is 0. The minimum atomic E-state index is -0.843. The quantitative estimate of drug-likeness (QED) is 0.544. The molecule has 0 saturated carbocycles. The van der Waals surface area contributed by atoms with Crippen molar-refractivity contribution in [2.75, 3.05) is 6.61 Å². The van der Waals surface area contributed by atoms with Gasteiger partial charge in [-0.2, -0.15) is 0 Å². The van der Waals surface area contributed by atoms with E-state index in [0.717, 1.165) is 5.56 Å². The van der Waals surface area contributed by atoms with Crippen LogP contribution in [0.15, 0.2) is 43.0 Å². The number of ether oxygens (including phenoxy) is 1. The molecule has 1 rings (SSSR count). The van der Waals surface area contributed by atoms with Crippen molar-refractivity contribution in [3.63, 3.8) is 0 Å². The van der Waals surface area contributed by atoms with Crippen LogP contribution in [-0.2, 0) is 4.74 Å². The van der Waals surface area contributed by atoms with Gasteiger partial charge in [-0.25, -0.2) is 0 Å². The maximum atomic E-state index is 9.38. The lowest BCUT2D eigenvalue weighted by Gasteiger charge is -2.09. The van der Waals surface area contributed by atoms with E-state index in [4.69, 9.17) is 4.74 Å². The van der Waals surface area contributed by atoms with Crippen molar-refractivity contribution >= 4 is 0 Å². The zero-order valence-electron chi connectivity index (χ0n) is 6.81. The summed E-state index contributed by atoms with van der Waals surface area (Å²) in [5.74, 6) is 0. The summed E-state index contributed by atoms with van der Waals surface area (Å²) in [5.41, 5.74) is 0.763. The molecule has 0 unspecified atom stereocenters. The Balaban J connectivity index is 2.53. The summed E-state index contributed by atoms with van der Waals surface area (Å²) >= 11 is 0. The number of rotatable bonds is 4. The van der Waals surface area contributed by atoms with E-state index in [1.165, 1.54) is 0 Å². The van der Waals surface area contributed by atoms with Crippen molar-refractivity contribution in [2.45, 2.75) is 6.29 Å². The molecular formula is C10H12O2. The van der Waals surface area contributed by atoms with Crippen LogP contribution in [0.5, 0.6) is 0 Å². The minimum absolute atomic E-state index is 0.357. The third-order valence-electron chi connectivity index (χ3n) is 1.46. The van der Waals surface area contributed by atoms with Gasteiger partial charge in [0, 0.05) is 5.56 Å². The topological polar surface area (TPSA) is 29.5 Å². The maximum absolute atomic E-state index is 9.38. The number of hydrogen-bond donors (Lipinski definition) is 1. The number of aliphatic hydroxyl groups excluding tert-OH is 1. The fraction of sp³-hybridized carbons (Fsp3) is 0.200. The summed E-state index contributed by atoms with van der Waals surface area (Å²) in [6.45, 7) is 3.85. The van der Waals surface area contributed by atoms with Crippen LogP contribution in [0.1, 0.15) is 11.9 Å². The molecule has 0 saturated heterocycles. The minimum Gasteiger partial charge on any atom is -0.364 e. The zero-order valence-corrected chi connectivity index (χ0v) is 6.81. The van der Waals surface area contributed by atoms with Crippen molar-refractivity contribution in [2.24, 2.45) is 0 Å². The lowest BCUT2D eigenvalue weighted by molar-refractivity contribution is -0.0920. The highest BCUT2D eigenvalue weighted by molar-refractivity contribution is 5.15. The Morgan fingerprint density at radius 1 is 1.42 bits per heavy atom. The SMILES string of the molecule is C=CCO[C@@H](O)c1ccccc1. The van der Waals surface area contributed by atoms with Gasteiger partial charge >= 0.3 is 0 Å². The number of benzene rings is 1. The summed E-state index contributed by atoms with van der Waals surface area (Å²) in [6.07, 6.45) is 0.760. The monoisotopic (exact) mass is 164 g/mol. The van der Waals surface area contributed by atoms with Crippen molar-refractivity contribution in [3.05, 3.63) is 48.6 Å². The molecule has 0 aliphatic heterocycles. The van der Waals surface area contributed by atoms with Crippen LogP contribution >= 0.6 is 0 Å². The van der Waals surface area contributed by atoms with Gasteiger partial charge in [0.05, 0.1) is 6.61 Å². The Kier molecular flexibility index (Phi) is 3.51. The molecule has 0 aromatic heterocycles. The summed E-state index contributed by atoms with van der Waals surface area (Å²) < 4.78 is 5.01. The van der Waals surface area contributed by atoms with E-state index in [0.29, 0.717) is 6.61 Å². The number of hydrogen-bond acceptors (Lipinski definition) is 2. The van der Waals surface area contributed by atoms with Crippen LogP contribution in [0, 0.1) is 0 Å². The molecular weight excluding hydrogens is 152 g/mol. The van der Waals surface area contributed by atoms with Crippen molar-refractivity contribution in [3.8, 4) is 0 Å².